The zero-order chi connectivity index (χ0) is 23.7. The zero-order valence-corrected chi connectivity index (χ0v) is 19.6. The van der Waals surface area contributed by atoms with Crippen LogP contribution >= 0.6 is 0 Å². The first-order chi connectivity index (χ1) is 15.1. The van der Waals surface area contributed by atoms with E-state index >= 15 is 0 Å². The summed E-state index contributed by atoms with van der Waals surface area (Å²) in [6.07, 6.45) is 0.111. The number of benzene rings is 2. The summed E-state index contributed by atoms with van der Waals surface area (Å²) >= 11 is 0. The van der Waals surface area contributed by atoms with Gasteiger partial charge in [-0.1, -0.05) is 62.4 Å². The molecule has 0 saturated heterocycles. The van der Waals surface area contributed by atoms with Crippen LogP contribution in [0.4, 0.5) is 4.79 Å². The molecule has 0 bridgehead atoms. The molecule has 32 heavy (non-hydrogen) atoms. The van der Waals surface area contributed by atoms with E-state index in [1.807, 2.05) is 75.4 Å². The van der Waals surface area contributed by atoms with Crippen molar-refractivity contribution in [3.05, 3.63) is 59.7 Å². The number of hydrogen-bond donors (Lipinski definition) is 2. The van der Waals surface area contributed by atoms with E-state index in [-0.39, 0.29) is 24.9 Å². The van der Waals surface area contributed by atoms with E-state index in [1.54, 1.807) is 0 Å². The summed E-state index contributed by atoms with van der Waals surface area (Å²) in [4.78, 5) is 25.2. The molecule has 0 heterocycles. The molecule has 0 aliphatic heterocycles. The lowest BCUT2D eigenvalue weighted by Gasteiger charge is -2.23. The summed E-state index contributed by atoms with van der Waals surface area (Å²) in [6.45, 7) is 9.74. The van der Waals surface area contributed by atoms with E-state index in [0.717, 1.165) is 22.3 Å². The number of ether oxygens (including phenoxy) is 1. The maximum atomic E-state index is 13.0. The Kier molecular flexibility index (Phi) is 8.83. The summed E-state index contributed by atoms with van der Waals surface area (Å²) in [6, 6.07) is 17.9. The average Bonchev–Trinajstić information content (AvgIpc) is 2.73. The molecule has 0 radical (unpaired) electrons. The number of nitrogens with one attached hydrogen (secondary N) is 2. The number of hydrogen-bond acceptors (Lipinski definition) is 4. The third-order valence-corrected chi connectivity index (χ3v) is 4.82. The summed E-state index contributed by atoms with van der Waals surface area (Å²) in [7, 11) is 0. The third kappa shape index (κ3) is 7.73. The number of nitrogens with zero attached hydrogens (tertiary/aromatic N) is 1. The highest BCUT2D eigenvalue weighted by Gasteiger charge is 2.25. The van der Waals surface area contributed by atoms with Crippen LogP contribution in [0.3, 0.4) is 0 Å². The van der Waals surface area contributed by atoms with Gasteiger partial charge in [0.15, 0.2) is 0 Å². The third-order valence-electron chi connectivity index (χ3n) is 4.82. The van der Waals surface area contributed by atoms with Crippen molar-refractivity contribution >= 4 is 12.0 Å². The Morgan fingerprint density at radius 2 is 1.72 bits per heavy atom. The molecule has 1 unspecified atom stereocenters. The number of carbonyl (C=O) groups is 2. The molecule has 0 aromatic heterocycles. The van der Waals surface area contributed by atoms with Crippen LogP contribution in [0.2, 0.25) is 0 Å². The molecule has 2 N–H and O–H groups in total. The smallest absolute Gasteiger partial charge is 0.407 e. The highest BCUT2D eigenvalue weighted by Crippen LogP contribution is 2.31. The Bertz CT molecular complexity index is 957. The molecular formula is C26H33N3O3. The first-order valence-corrected chi connectivity index (χ1v) is 10.9. The molecule has 1 atom stereocenters. The molecule has 0 fully saturated rings. The standard InChI is InChI=1S/C26H33N3O3/c1-18(2)15-23(24(30)28-14-13-27)22-16-20(19-9-7-6-8-10-19)11-12-21(22)17-29-25(31)32-26(3,4)5/h6-12,16,18,23H,14-15,17H2,1-5H3,(H,28,30)(H,29,31). The van der Waals surface area contributed by atoms with Gasteiger partial charge in [0.05, 0.1) is 12.0 Å². The van der Waals surface area contributed by atoms with Crippen LogP contribution in [0.15, 0.2) is 48.5 Å². The van der Waals surface area contributed by atoms with Crippen LogP contribution in [-0.4, -0.2) is 24.1 Å². The second-order valence-electron chi connectivity index (χ2n) is 9.19. The molecule has 2 aromatic rings. The lowest BCUT2D eigenvalue weighted by atomic mass is 9.85. The summed E-state index contributed by atoms with van der Waals surface area (Å²) in [5.41, 5.74) is 3.12. The molecule has 6 nitrogen and oxygen atoms in total. The van der Waals surface area contributed by atoms with E-state index < -0.39 is 17.6 Å². The minimum Gasteiger partial charge on any atom is -0.444 e. The van der Waals surface area contributed by atoms with Crippen molar-refractivity contribution in [3.8, 4) is 17.2 Å². The molecular weight excluding hydrogens is 402 g/mol. The molecule has 0 aliphatic carbocycles. The summed E-state index contributed by atoms with van der Waals surface area (Å²) < 4.78 is 5.35. The molecule has 170 valence electrons. The normalized spacial score (nSPS) is 12.0. The van der Waals surface area contributed by atoms with E-state index in [9.17, 15) is 9.59 Å². The molecule has 0 spiro atoms. The highest BCUT2D eigenvalue weighted by molar-refractivity contribution is 5.85. The van der Waals surface area contributed by atoms with Gasteiger partial charge in [0.2, 0.25) is 5.91 Å². The number of carbonyl (C=O) groups excluding carboxylic acids is 2. The topological polar surface area (TPSA) is 91.2 Å². The maximum Gasteiger partial charge on any atom is 0.407 e. The fraction of sp³-hybridized carbons (Fsp3) is 0.423. The predicted molar refractivity (Wildman–Crippen MR) is 126 cm³/mol. The van der Waals surface area contributed by atoms with E-state index in [2.05, 4.69) is 24.5 Å². The fourth-order valence-corrected chi connectivity index (χ4v) is 3.47. The van der Waals surface area contributed by atoms with Crippen LogP contribution < -0.4 is 10.6 Å². The Morgan fingerprint density at radius 3 is 2.31 bits per heavy atom. The predicted octanol–water partition coefficient (Wildman–Crippen LogP) is 5.15. The van der Waals surface area contributed by atoms with Gasteiger partial charge in [-0.15, -0.1) is 0 Å². The van der Waals surface area contributed by atoms with Crippen molar-refractivity contribution in [3.63, 3.8) is 0 Å². The van der Waals surface area contributed by atoms with Gasteiger partial charge in [-0.05, 0) is 55.4 Å². The van der Waals surface area contributed by atoms with Gasteiger partial charge < -0.3 is 15.4 Å². The van der Waals surface area contributed by atoms with Crippen LogP contribution in [0.1, 0.15) is 58.1 Å². The van der Waals surface area contributed by atoms with Crippen LogP contribution in [0.5, 0.6) is 0 Å². The monoisotopic (exact) mass is 435 g/mol. The van der Waals surface area contributed by atoms with Crippen molar-refractivity contribution in [2.24, 2.45) is 5.92 Å². The van der Waals surface area contributed by atoms with Crippen molar-refractivity contribution in [1.82, 2.24) is 10.6 Å². The van der Waals surface area contributed by atoms with E-state index in [0.29, 0.717) is 6.42 Å². The second-order valence-corrected chi connectivity index (χ2v) is 9.19. The molecule has 0 saturated carbocycles. The number of nitriles is 1. The zero-order valence-electron chi connectivity index (χ0n) is 19.6. The fourth-order valence-electron chi connectivity index (χ4n) is 3.47. The molecule has 6 heteroatoms. The number of amides is 2. The molecule has 2 aromatic carbocycles. The lowest BCUT2D eigenvalue weighted by Crippen LogP contribution is -2.33. The van der Waals surface area contributed by atoms with Crippen molar-refractivity contribution < 1.29 is 14.3 Å². The van der Waals surface area contributed by atoms with Crippen LogP contribution in [0.25, 0.3) is 11.1 Å². The molecule has 2 rings (SSSR count). The Labute approximate surface area is 191 Å². The first-order valence-electron chi connectivity index (χ1n) is 10.9. The van der Waals surface area contributed by atoms with Crippen LogP contribution in [-0.2, 0) is 16.1 Å². The second kappa shape index (κ2) is 11.3. The number of alkyl carbamates (subject to hydrolysis) is 1. The van der Waals surface area contributed by atoms with Gasteiger partial charge in [0, 0.05) is 6.54 Å². The van der Waals surface area contributed by atoms with Gasteiger partial charge in [-0.3, -0.25) is 4.79 Å². The van der Waals surface area contributed by atoms with Crippen molar-refractivity contribution in [2.75, 3.05) is 6.54 Å². The summed E-state index contributed by atoms with van der Waals surface area (Å²) in [5, 5.41) is 14.4. The van der Waals surface area contributed by atoms with Gasteiger partial charge in [-0.25, -0.2) is 4.79 Å². The molecule has 2 amide bonds. The Hall–Kier alpha value is -3.33. The Balaban J connectivity index is 2.44. The number of rotatable bonds is 8. The minimum absolute atomic E-state index is 0.0443. The molecule has 0 aliphatic rings. The van der Waals surface area contributed by atoms with Crippen molar-refractivity contribution in [2.45, 2.75) is 59.1 Å². The SMILES string of the molecule is CC(C)CC(C(=O)NCC#N)c1cc(-c2ccccc2)ccc1CNC(=O)OC(C)(C)C. The van der Waals surface area contributed by atoms with Crippen molar-refractivity contribution in [1.29, 1.82) is 5.26 Å². The quantitative estimate of drug-likeness (QED) is 0.561. The maximum absolute atomic E-state index is 13.0. The van der Waals surface area contributed by atoms with E-state index in [1.165, 1.54) is 0 Å². The van der Waals surface area contributed by atoms with Gasteiger partial charge in [0.25, 0.3) is 0 Å². The highest BCUT2D eigenvalue weighted by atomic mass is 16.6. The summed E-state index contributed by atoms with van der Waals surface area (Å²) in [5.74, 6) is -0.369. The Morgan fingerprint density at radius 1 is 1.03 bits per heavy atom. The van der Waals surface area contributed by atoms with Gasteiger partial charge >= 0.3 is 6.09 Å². The lowest BCUT2D eigenvalue weighted by molar-refractivity contribution is -0.122. The van der Waals surface area contributed by atoms with E-state index in [4.69, 9.17) is 10.00 Å². The van der Waals surface area contributed by atoms with Gasteiger partial charge in [-0.2, -0.15) is 5.26 Å². The average molecular weight is 436 g/mol. The largest absolute Gasteiger partial charge is 0.444 e. The van der Waals surface area contributed by atoms with Crippen LogP contribution in [0, 0.1) is 17.2 Å². The first kappa shape index (κ1) is 24.9. The minimum atomic E-state index is -0.596. The van der Waals surface area contributed by atoms with Gasteiger partial charge in [0.1, 0.15) is 12.1 Å².